The standard InChI is InChI=1S/C17H22N2O.ClH/c1-20-15-7-6-12-4-2-3-5-14(12)16(15)17(18)13-8-10-19-11-9-13;/h2-7,13,17,19H,8-11,18H2,1H3;1H/t17-;/m1./s1. The van der Waals surface area contributed by atoms with Gasteiger partial charge in [-0.05, 0) is 48.7 Å². The maximum absolute atomic E-state index is 6.60. The Morgan fingerprint density at radius 3 is 2.57 bits per heavy atom. The predicted molar refractivity (Wildman–Crippen MR) is 90.3 cm³/mol. The molecule has 0 spiro atoms. The number of methoxy groups -OCH3 is 1. The lowest BCUT2D eigenvalue weighted by atomic mass is 9.84. The van der Waals surface area contributed by atoms with Gasteiger partial charge in [0.1, 0.15) is 5.75 Å². The van der Waals surface area contributed by atoms with Gasteiger partial charge >= 0.3 is 0 Å². The number of nitrogens with one attached hydrogen (secondary N) is 1. The first-order chi connectivity index (χ1) is 9.81. The minimum atomic E-state index is 0. The molecule has 0 aromatic heterocycles. The summed E-state index contributed by atoms with van der Waals surface area (Å²) in [6, 6.07) is 12.6. The van der Waals surface area contributed by atoms with Crippen molar-refractivity contribution >= 4 is 23.2 Å². The zero-order valence-corrected chi connectivity index (χ0v) is 13.2. The molecule has 1 heterocycles. The molecule has 4 heteroatoms. The summed E-state index contributed by atoms with van der Waals surface area (Å²) >= 11 is 0. The van der Waals surface area contributed by atoms with E-state index < -0.39 is 0 Å². The van der Waals surface area contributed by atoms with E-state index in [1.807, 2.05) is 6.07 Å². The third-order valence-electron chi connectivity index (χ3n) is 4.38. The second kappa shape index (κ2) is 7.12. The van der Waals surface area contributed by atoms with Crippen molar-refractivity contribution in [3.05, 3.63) is 42.0 Å². The smallest absolute Gasteiger partial charge is 0.124 e. The van der Waals surface area contributed by atoms with E-state index >= 15 is 0 Å². The van der Waals surface area contributed by atoms with Crippen molar-refractivity contribution in [2.45, 2.75) is 18.9 Å². The highest BCUT2D eigenvalue weighted by Crippen LogP contribution is 2.37. The maximum atomic E-state index is 6.60. The van der Waals surface area contributed by atoms with E-state index in [1.54, 1.807) is 7.11 Å². The molecule has 1 aliphatic rings. The molecule has 1 atom stereocenters. The van der Waals surface area contributed by atoms with Crippen LogP contribution < -0.4 is 15.8 Å². The van der Waals surface area contributed by atoms with Crippen molar-refractivity contribution in [2.24, 2.45) is 11.7 Å². The fourth-order valence-corrected chi connectivity index (χ4v) is 3.24. The first kappa shape index (κ1) is 16.1. The molecule has 0 amide bonds. The molecule has 0 bridgehead atoms. The summed E-state index contributed by atoms with van der Waals surface area (Å²) in [4.78, 5) is 0. The third kappa shape index (κ3) is 3.15. The Morgan fingerprint density at radius 1 is 1.14 bits per heavy atom. The molecule has 2 aromatic rings. The molecule has 1 saturated heterocycles. The SMILES string of the molecule is COc1ccc2ccccc2c1[C@H](N)C1CCNCC1.Cl. The largest absolute Gasteiger partial charge is 0.496 e. The van der Waals surface area contributed by atoms with Crippen LogP contribution in [0.15, 0.2) is 36.4 Å². The molecule has 2 aromatic carbocycles. The van der Waals surface area contributed by atoms with Gasteiger partial charge in [0.2, 0.25) is 0 Å². The molecule has 0 unspecified atom stereocenters. The van der Waals surface area contributed by atoms with E-state index in [9.17, 15) is 0 Å². The number of hydrogen-bond acceptors (Lipinski definition) is 3. The zero-order valence-electron chi connectivity index (χ0n) is 12.3. The van der Waals surface area contributed by atoms with Gasteiger partial charge in [-0.15, -0.1) is 12.4 Å². The minimum absolute atomic E-state index is 0. The second-order valence-corrected chi connectivity index (χ2v) is 5.52. The van der Waals surface area contributed by atoms with Gasteiger partial charge in [-0.2, -0.15) is 0 Å². The van der Waals surface area contributed by atoms with Crippen LogP contribution in [0.4, 0.5) is 0 Å². The van der Waals surface area contributed by atoms with Gasteiger partial charge in [0.05, 0.1) is 7.11 Å². The average molecular weight is 307 g/mol. The van der Waals surface area contributed by atoms with Gasteiger partial charge in [0.15, 0.2) is 0 Å². The fourth-order valence-electron chi connectivity index (χ4n) is 3.24. The van der Waals surface area contributed by atoms with E-state index in [-0.39, 0.29) is 18.4 Å². The van der Waals surface area contributed by atoms with Crippen molar-refractivity contribution in [1.82, 2.24) is 5.32 Å². The Labute approximate surface area is 132 Å². The number of piperidine rings is 1. The molecule has 0 saturated carbocycles. The second-order valence-electron chi connectivity index (χ2n) is 5.52. The number of ether oxygens (including phenoxy) is 1. The highest BCUT2D eigenvalue weighted by Gasteiger charge is 2.25. The van der Waals surface area contributed by atoms with Crippen molar-refractivity contribution in [3.8, 4) is 5.75 Å². The molecular weight excluding hydrogens is 284 g/mol. The molecular formula is C17H23ClN2O. The Bertz CT molecular complexity index is 596. The van der Waals surface area contributed by atoms with Crippen molar-refractivity contribution in [3.63, 3.8) is 0 Å². The van der Waals surface area contributed by atoms with Crippen LogP contribution in [-0.2, 0) is 0 Å². The maximum Gasteiger partial charge on any atom is 0.124 e. The van der Waals surface area contributed by atoms with Crippen LogP contribution in [-0.4, -0.2) is 20.2 Å². The lowest BCUT2D eigenvalue weighted by Gasteiger charge is -2.30. The number of halogens is 1. The van der Waals surface area contributed by atoms with Crippen LogP contribution >= 0.6 is 12.4 Å². The highest BCUT2D eigenvalue weighted by molar-refractivity contribution is 5.88. The molecule has 0 radical (unpaired) electrons. The van der Waals surface area contributed by atoms with Crippen molar-refractivity contribution in [1.29, 1.82) is 0 Å². The lowest BCUT2D eigenvalue weighted by molar-refractivity contribution is 0.315. The summed E-state index contributed by atoms with van der Waals surface area (Å²) in [5.41, 5.74) is 7.77. The summed E-state index contributed by atoms with van der Waals surface area (Å²) in [6.45, 7) is 2.12. The molecule has 1 aliphatic heterocycles. The Kier molecular flexibility index (Phi) is 5.45. The Balaban J connectivity index is 0.00000161. The van der Waals surface area contributed by atoms with Crippen LogP contribution in [0.1, 0.15) is 24.4 Å². The number of fused-ring (bicyclic) bond motifs is 1. The number of nitrogens with two attached hydrogens (primary N) is 1. The van der Waals surface area contributed by atoms with Crippen molar-refractivity contribution < 1.29 is 4.74 Å². The van der Waals surface area contributed by atoms with Gasteiger partial charge in [-0.1, -0.05) is 30.3 Å². The van der Waals surface area contributed by atoms with Gasteiger partial charge in [-0.3, -0.25) is 0 Å². The van der Waals surface area contributed by atoms with Gasteiger partial charge in [0, 0.05) is 11.6 Å². The highest BCUT2D eigenvalue weighted by atomic mass is 35.5. The molecule has 21 heavy (non-hydrogen) atoms. The Morgan fingerprint density at radius 2 is 1.86 bits per heavy atom. The summed E-state index contributed by atoms with van der Waals surface area (Å²) in [5, 5.41) is 5.85. The monoisotopic (exact) mass is 306 g/mol. The zero-order chi connectivity index (χ0) is 13.9. The van der Waals surface area contributed by atoms with Crippen molar-refractivity contribution in [2.75, 3.05) is 20.2 Å². The normalized spacial score (nSPS) is 17.2. The molecule has 3 rings (SSSR count). The van der Waals surface area contributed by atoms with Crippen LogP contribution in [0.25, 0.3) is 10.8 Å². The molecule has 0 aliphatic carbocycles. The van der Waals surface area contributed by atoms with E-state index in [4.69, 9.17) is 10.5 Å². The number of hydrogen-bond donors (Lipinski definition) is 2. The van der Waals surface area contributed by atoms with E-state index in [0.717, 1.165) is 37.2 Å². The lowest BCUT2D eigenvalue weighted by Crippen LogP contribution is -2.34. The summed E-state index contributed by atoms with van der Waals surface area (Å²) in [5.74, 6) is 1.44. The van der Waals surface area contributed by atoms with Gasteiger partial charge in [-0.25, -0.2) is 0 Å². The summed E-state index contributed by atoms with van der Waals surface area (Å²) < 4.78 is 5.57. The first-order valence-electron chi connectivity index (χ1n) is 7.33. The van der Waals surface area contributed by atoms with Gasteiger partial charge in [0.25, 0.3) is 0 Å². The van der Waals surface area contributed by atoms with E-state index in [1.165, 1.54) is 10.8 Å². The quantitative estimate of drug-likeness (QED) is 0.915. The van der Waals surface area contributed by atoms with Gasteiger partial charge < -0.3 is 15.8 Å². The summed E-state index contributed by atoms with van der Waals surface area (Å²) in [6.07, 6.45) is 2.26. The average Bonchev–Trinajstić information content (AvgIpc) is 2.54. The molecule has 3 nitrogen and oxygen atoms in total. The van der Waals surface area contributed by atoms with Crippen LogP contribution in [0, 0.1) is 5.92 Å². The predicted octanol–water partition coefficient (Wildman–Crippen LogP) is 3.27. The van der Waals surface area contributed by atoms with Crippen LogP contribution in [0.5, 0.6) is 5.75 Å². The molecule has 1 fully saturated rings. The number of benzene rings is 2. The topological polar surface area (TPSA) is 47.3 Å². The fraction of sp³-hybridized carbons (Fsp3) is 0.412. The summed E-state index contributed by atoms with van der Waals surface area (Å²) in [7, 11) is 1.72. The first-order valence-corrected chi connectivity index (χ1v) is 7.33. The number of rotatable bonds is 3. The molecule has 3 N–H and O–H groups in total. The third-order valence-corrected chi connectivity index (χ3v) is 4.38. The van der Waals surface area contributed by atoms with Crippen LogP contribution in [0.3, 0.4) is 0 Å². The van der Waals surface area contributed by atoms with E-state index in [0.29, 0.717) is 5.92 Å². The van der Waals surface area contributed by atoms with E-state index in [2.05, 4.69) is 35.6 Å². The minimum Gasteiger partial charge on any atom is -0.496 e. The van der Waals surface area contributed by atoms with Crippen LogP contribution in [0.2, 0.25) is 0 Å². The molecule has 114 valence electrons. The Hall–Kier alpha value is -1.29.